The molecular formula is C9H16N8O2. The molecule has 0 aromatic heterocycles. The van der Waals surface area contributed by atoms with Crippen LogP contribution in [-0.4, -0.2) is 35.7 Å². The van der Waals surface area contributed by atoms with Crippen LogP contribution >= 0.6 is 0 Å². The van der Waals surface area contributed by atoms with Crippen molar-refractivity contribution in [3.63, 3.8) is 0 Å². The summed E-state index contributed by atoms with van der Waals surface area (Å²) in [6, 6.07) is 0. The molecule has 104 valence electrons. The number of nitrogens with zero attached hydrogens (tertiary/aromatic N) is 4. The van der Waals surface area contributed by atoms with Crippen LogP contribution in [0, 0.1) is 0 Å². The van der Waals surface area contributed by atoms with Crippen LogP contribution < -0.4 is 22.1 Å². The average molecular weight is 268 g/mol. The van der Waals surface area contributed by atoms with Gasteiger partial charge in [-0.3, -0.25) is 20.2 Å². The van der Waals surface area contributed by atoms with Gasteiger partial charge in [0.15, 0.2) is 0 Å². The predicted octanol–water partition coefficient (Wildman–Crippen LogP) is -1.75. The molecule has 0 heterocycles. The molecule has 0 fully saturated rings. The Kier molecular flexibility index (Phi) is 7.11. The van der Waals surface area contributed by atoms with Gasteiger partial charge in [0.25, 0.3) is 0 Å². The van der Waals surface area contributed by atoms with Gasteiger partial charge in [-0.2, -0.15) is 10.2 Å². The lowest BCUT2D eigenvalue weighted by Gasteiger charge is -1.96. The Morgan fingerprint density at radius 2 is 1.37 bits per heavy atom. The Labute approximate surface area is 109 Å². The van der Waals surface area contributed by atoms with E-state index in [1.54, 1.807) is 6.92 Å². The number of nitrogens with one attached hydrogen (secondary N) is 2. The molecule has 0 rings (SSSR count). The Morgan fingerprint density at radius 3 is 1.84 bits per heavy atom. The third-order valence-corrected chi connectivity index (χ3v) is 1.33. The fraction of sp³-hybridized carbons (Fsp3) is 0.333. The number of guanidine groups is 2. The van der Waals surface area contributed by atoms with Crippen LogP contribution in [0.3, 0.4) is 0 Å². The molecule has 0 saturated carbocycles. The summed E-state index contributed by atoms with van der Waals surface area (Å²) in [6.45, 7) is 4.16. The van der Waals surface area contributed by atoms with Crippen LogP contribution in [0.25, 0.3) is 0 Å². The molecule has 2 amide bonds. The van der Waals surface area contributed by atoms with Gasteiger partial charge in [-0.1, -0.05) is 0 Å². The molecule has 0 aromatic carbocycles. The maximum Gasteiger partial charge on any atom is 0.223 e. The van der Waals surface area contributed by atoms with Crippen molar-refractivity contribution < 1.29 is 9.59 Å². The standard InChI is InChI=1S/C9H16N8O2/c1-5(15-17-9(11)14-7(3)19)4-12-16-8(10)13-6(2)18/h4H,1-3H3,(H3,10,13,16,18)(H3,11,14,17,19). The van der Waals surface area contributed by atoms with E-state index in [0.29, 0.717) is 5.71 Å². The quantitative estimate of drug-likeness (QED) is 0.271. The van der Waals surface area contributed by atoms with Crippen LogP contribution in [0.5, 0.6) is 0 Å². The van der Waals surface area contributed by atoms with Crippen LogP contribution in [0.4, 0.5) is 0 Å². The highest BCUT2D eigenvalue weighted by atomic mass is 16.2. The van der Waals surface area contributed by atoms with Gasteiger partial charge in [0, 0.05) is 13.8 Å². The van der Waals surface area contributed by atoms with Crippen molar-refractivity contribution in [2.45, 2.75) is 20.8 Å². The second kappa shape index (κ2) is 8.33. The van der Waals surface area contributed by atoms with Gasteiger partial charge in [0.05, 0.1) is 11.9 Å². The maximum atomic E-state index is 10.6. The average Bonchev–Trinajstić information content (AvgIpc) is 2.24. The highest BCUT2D eigenvalue weighted by Crippen LogP contribution is 1.79. The normalized spacial score (nSPS) is 13.5. The van der Waals surface area contributed by atoms with Gasteiger partial charge in [0.2, 0.25) is 23.7 Å². The minimum atomic E-state index is -0.352. The molecule has 0 aliphatic carbocycles. The van der Waals surface area contributed by atoms with Gasteiger partial charge in [-0.15, -0.1) is 10.2 Å². The molecule has 0 aromatic rings. The van der Waals surface area contributed by atoms with E-state index in [-0.39, 0.29) is 23.7 Å². The van der Waals surface area contributed by atoms with E-state index in [2.05, 4.69) is 31.0 Å². The second-order valence-electron chi connectivity index (χ2n) is 3.32. The topological polar surface area (TPSA) is 160 Å². The first-order valence-corrected chi connectivity index (χ1v) is 5.10. The first-order chi connectivity index (χ1) is 8.81. The number of rotatable bonds is 3. The van der Waals surface area contributed by atoms with Gasteiger partial charge in [-0.25, -0.2) is 0 Å². The SMILES string of the molecule is CC(=O)N/C(N)=N/N=CC(C)=N/N=C(\N)NC(C)=O. The molecule has 0 atom stereocenters. The van der Waals surface area contributed by atoms with E-state index in [1.807, 2.05) is 0 Å². The zero-order valence-corrected chi connectivity index (χ0v) is 10.8. The fourth-order valence-electron chi connectivity index (χ4n) is 0.744. The highest BCUT2D eigenvalue weighted by molar-refractivity contribution is 6.29. The summed E-state index contributed by atoms with van der Waals surface area (Å²) < 4.78 is 0. The number of nitrogens with two attached hydrogens (primary N) is 2. The molecule has 0 bridgehead atoms. The zero-order valence-electron chi connectivity index (χ0n) is 10.8. The van der Waals surface area contributed by atoms with Crippen molar-refractivity contribution in [2.24, 2.45) is 31.9 Å². The molecule has 0 aliphatic rings. The van der Waals surface area contributed by atoms with Gasteiger partial charge >= 0.3 is 0 Å². The van der Waals surface area contributed by atoms with Gasteiger partial charge < -0.3 is 11.5 Å². The molecule has 10 nitrogen and oxygen atoms in total. The molecule has 0 saturated heterocycles. The van der Waals surface area contributed by atoms with E-state index in [4.69, 9.17) is 11.5 Å². The summed E-state index contributed by atoms with van der Waals surface area (Å²) in [6.07, 6.45) is 1.25. The van der Waals surface area contributed by atoms with Crippen molar-refractivity contribution >= 4 is 35.7 Å². The summed E-state index contributed by atoms with van der Waals surface area (Å²) in [7, 11) is 0. The van der Waals surface area contributed by atoms with Crippen molar-refractivity contribution in [3.05, 3.63) is 0 Å². The van der Waals surface area contributed by atoms with Crippen molar-refractivity contribution in [2.75, 3.05) is 0 Å². The van der Waals surface area contributed by atoms with E-state index >= 15 is 0 Å². The van der Waals surface area contributed by atoms with E-state index in [9.17, 15) is 9.59 Å². The molecular weight excluding hydrogens is 252 g/mol. The number of hydrogen-bond donors (Lipinski definition) is 4. The first kappa shape index (κ1) is 16.2. The van der Waals surface area contributed by atoms with Crippen LogP contribution in [0.15, 0.2) is 20.4 Å². The number of carbonyl (C=O) groups is 2. The summed E-state index contributed by atoms with van der Waals surface area (Å²) in [5, 5.41) is 18.7. The Bertz CT molecular complexity index is 463. The molecule has 0 aliphatic heterocycles. The van der Waals surface area contributed by atoms with Crippen molar-refractivity contribution in [3.8, 4) is 0 Å². The minimum Gasteiger partial charge on any atom is -0.368 e. The summed E-state index contributed by atoms with van der Waals surface area (Å²) in [4.78, 5) is 21.2. The summed E-state index contributed by atoms with van der Waals surface area (Å²) >= 11 is 0. The predicted molar refractivity (Wildman–Crippen MR) is 72.5 cm³/mol. The first-order valence-electron chi connectivity index (χ1n) is 5.10. The highest BCUT2D eigenvalue weighted by Gasteiger charge is 1.94. The smallest absolute Gasteiger partial charge is 0.223 e. The lowest BCUT2D eigenvalue weighted by molar-refractivity contribution is -0.118. The molecule has 6 N–H and O–H groups in total. The van der Waals surface area contributed by atoms with Crippen LogP contribution in [-0.2, 0) is 9.59 Å². The van der Waals surface area contributed by atoms with Crippen LogP contribution in [0.1, 0.15) is 20.8 Å². The van der Waals surface area contributed by atoms with Crippen molar-refractivity contribution in [1.29, 1.82) is 0 Å². The molecule has 0 unspecified atom stereocenters. The molecule has 10 heteroatoms. The number of amides is 2. The van der Waals surface area contributed by atoms with E-state index in [0.717, 1.165) is 0 Å². The zero-order chi connectivity index (χ0) is 14.8. The van der Waals surface area contributed by atoms with E-state index in [1.165, 1.54) is 20.1 Å². The van der Waals surface area contributed by atoms with Gasteiger partial charge in [0.1, 0.15) is 0 Å². The third-order valence-electron chi connectivity index (χ3n) is 1.33. The molecule has 0 spiro atoms. The Morgan fingerprint density at radius 1 is 0.895 bits per heavy atom. The summed E-state index contributed by atoms with van der Waals surface area (Å²) in [5.41, 5.74) is 11.0. The lowest BCUT2D eigenvalue weighted by Crippen LogP contribution is -2.34. The minimum absolute atomic E-state index is 0.137. The fourth-order valence-corrected chi connectivity index (χ4v) is 0.744. The van der Waals surface area contributed by atoms with Crippen molar-refractivity contribution in [1.82, 2.24) is 10.6 Å². The summed E-state index contributed by atoms with van der Waals surface area (Å²) in [5.74, 6) is -0.982. The lowest BCUT2D eigenvalue weighted by atomic mass is 10.5. The van der Waals surface area contributed by atoms with Gasteiger partial charge in [-0.05, 0) is 6.92 Å². The maximum absolute atomic E-state index is 10.6. The Balaban J connectivity index is 4.48. The third kappa shape index (κ3) is 10.1. The Hall–Kier alpha value is -2.78. The van der Waals surface area contributed by atoms with Crippen LogP contribution in [0.2, 0.25) is 0 Å². The second-order valence-corrected chi connectivity index (χ2v) is 3.32. The largest absolute Gasteiger partial charge is 0.368 e. The van der Waals surface area contributed by atoms with E-state index < -0.39 is 0 Å². The number of hydrogen-bond acceptors (Lipinski definition) is 6. The molecule has 0 radical (unpaired) electrons. The monoisotopic (exact) mass is 268 g/mol. The molecule has 19 heavy (non-hydrogen) atoms. The number of carbonyl (C=O) groups excluding carboxylic acids is 2.